The Kier molecular flexibility index (Phi) is 2.90. The quantitative estimate of drug-likeness (QED) is 0.610. The standard InChI is InChI=1S/C10H15N3O4/c1-4-6(9(11)16)12-3-13(4)10-8(15)7(14)5(2)17-10/h3,5,7-8,10,14-15H,1-2H3,(H2,11,16)/t5-,7-,8-,10-/m1/s1. The first-order chi connectivity index (χ1) is 7.93. The zero-order valence-corrected chi connectivity index (χ0v) is 9.57. The van der Waals surface area contributed by atoms with Crippen molar-refractivity contribution >= 4 is 5.91 Å². The molecule has 94 valence electrons. The van der Waals surface area contributed by atoms with E-state index in [2.05, 4.69) is 4.98 Å². The van der Waals surface area contributed by atoms with Gasteiger partial charge in [-0.25, -0.2) is 4.98 Å². The van der Waals surface area contributed by atoms with Crippen molar-refractivity contribution in [1.29, 1.82) is 0 Å². The summed E-state index contributed by atoms with van der Waals surface area (Å²) in [6.07, 6.45) is -1.87. The van der Waals surface area contributed by atoms with Crippen LogP contribution in [-0.4, -0.2) is 44.0 Å². The van der Waals surface area contributed by atoms with Crippen LogP contribution in [0.2, 0.25) is 0 Å². The molecule has 1 aromatic heterocycles. The molecule has 0 aromatic carbocycles. The van der Waals surface area contributed by atoms with Gasteiger partial charge in [-0.1, -0.05) is 0 Å². The monoisotopic (exact) mass is 241 g/mol. The molecule has 0 unspecified atom stereocenters. The van der Waals surface area contributed by atoms with Crippen LogP contribution in [0.5, 0.6) is 0 Å². The Labute approximate surface area is 97.8 Å². The lowest BCUT2D eigenvalue weighted by molar-refractivity contribution is -0.0332. The highest BCUT2D eigenvalue weighted by atomic mass is 16.6. The van der Waals surface area contributed by atoms with E-state index in [1.165, 1.54) is 10.9 Å². The third-order valence-electron chi connectivity index (χ3n) is 3.03. The summed E-state index contributed by atoms with van der Waals surface area (Å²) in [6, 6.07) is 0. The van der Waals surface area contributed by atoms with Gasteiger partial charge in [0.1, 0.15) is 17.9 Å². The van der Waals surface area contributed by atoms with Crippen LogP contribution < -0.4 is 5.73 Å². The molecule has 7 nitrogen and oxygen atoms in total. The van der Waals surface area contributed by atoms with Crippen LogP contribution in [0.4, 0.5) is 0 Å². The minimum atomic E-state index is -1.06. The summed E-state index contributed by atoms with van der Waals surface area (Å²) in [5.41, 5.74) is 5.79. The Morgan fingerprint density at radius 3 is 2.59 bits per heavy atom. The molecule has 17 heavy (non-hydrogen) atoms. The van der Waals surface area contributed by atoms with Gasteiger partial charge in [0.25, 0.3) is 5.91 Å². The van der Waals surface area contributed by atoms with E-state index in [9.17, 15) is 15.0 Å². The summed E-state index contributed by atoms with van der Waals surface area (Å²) in [5.74, 6) is -0.637. The van der Waals surface area contributed by atoms with Gasteiger partial charge in [-0.3, -0.25) is 4.79 Å². The van der Waals surface area contributed by atoms with Gasteiger partial charge < -0.3 is 25.3 Å². The van der Waals surface area contributed by atoms with Gasteiger partial charge in [0.15, 0.2) is 6.23 Å². The first-order valence-corrected chi connectivity index (χ1v) is 5.28. The minimum absolute atomic E-state index is 0.134. The largest absolute Gasteiger partial charge is 0.388 e. The molecule has 0 bridgehead atoms. The highest BCUT2D eigenvalue weighted by Crippen LogP contribution is 2.30. The molecule has 7 heteroatoms. The van der Waals surface area contributed by atoms with Gasteiger partial charge in [0.05, 0.1) is 12.4 Å². The van der Waals surface area contributed by atoms with Crippen LogP contribution >= 0.6 is 0 Å². The zero-order chi connectivity index (χ0) is 12.7. The summed E-state index contributed by atoms with van der Waals surface area (Å²) >= 11 is 0. The van der Waals surface area contributed by atoms with E-state index in [4.69, 9.17) is 10.5 Å². The van der Waals surface area contributed by atoms with Gasteiger partial charge in [0.2, 0.25) is 0 Å². The van der Waals surface area contributed by atoms with Crippen LogP contribution in [0.15, 0.2) is 6.33 Å². The van der Waals surface area contributed by atoms with Crippen molar-refractivity contribution in [3.8, 4) is 0 Å². The number of aliphatic hydroxyl groups excluding tert-OH is 2. The number of hydrogen-bond donors (Lipinski definition) is 3. The predicted molar refractivity (Wildman–Crippen MR) is 57.1 cm³/mol. The molecule has 1 aliphatic heterocycles. The van der Waals surface area contributed by atoms with Crippen LogP contribution in [0.3, 0.4) is 0 Å². The molecule has 1 saturated heterocycles. The number of imidazole rings is 1. The lowest BCUT2D eigenvalue weighted by Gasteiger charge is -2.17. The number of carbonyl (C=O) groups excluding carboxylic acids is 1. The summed E-state index contributed by atoms with van der Waals surface area (Å²) in [6.45, 7) is 3.31. The number of aliphatic hydroxyl groups is 2. The van der Waals surface area contributed by atoms with Crippen LogP contribution in [0, 0.1) is 6.92 Å². The number of nitrogens with zero attached hydrogens (tertiary/aromatic N) is 2. The SMILES string of the molecule is Cc1c(C(N)=O)ncn1[C@@H]1O[C@H](C)[C@@H](O)[C@H]1O. The van der Waals surface area contributed by atoms with E-state index in [1.54, 1.807) is 13.8 Å². The second-order valence-electron chi connectivity index (χ2n) is 4.16. The molecule has 1 aromatic rings. The predicted octanol–water partition coefficient (Wildman–Crippen LogP) is -1.07. The topological polar surface area (TPSA) is 111 Å². The second kappa shape index (κ2) is 4.10. The van der Waals surface area contributed by atoms with Gasteiger partial charge >= 0.3 is 0 Å². The van der Waals surface area contributed by atoms with E-state index in [1.807, 2.05) is 0 Å². The molecule has 0 aliphatic carbocycles. The van der Waals surface area contributed by atoms with Crippen LogP contribution in [-0.2, 0) is 4.74 Å². The van der Waals surface area contributed by atoms with E-state index >= 15 is 0 Å². The average molecular weight is 241 g/mol. The van der Waals surface area contributed by atoms with Crippen molar-refractivity contribution < 1.29 is 19.7 Å². The molecule has 2 rings (SSSR count). The smallest absolute Gasteiger partial charge is 0.269 e. The van der Waals surface area contributed by atoms with Crippen molar-refractivity contribution in [1.82, 2.24) is 9.55 Å². The zero-order valence-electron chi connectivity index (χ0n) is 9.57. The molecular formula is C10H15N3O4. The summed E-state index contributed by atoms with van der Waals surface area (Å²) in [7, 11) is 0. The molecule has 1 aliphatic rings. The van der Waals surface area contributed by atoms with Gasteiger partial charge in [-0.15, -0.1) is 0 Å². The van der Waals surface area contributed by atoms with E-state index in [0.717, 1.165) is 0 Å². The maximum Gasteiger partial charge on any atom is 0.269 e. The molecule has 0 saturated carbocycles. The van der Waals surface area contributed by atoms with Gasteiger partial charge in [-0.05, 0) is 13.8 Å². The third kappa shape index (κ3) is 1.82. The maximum absolute atomic E-state index is 11.1. The molecule has 1 fully saturated rings. The van der Waals surface area contributed by atoms with Crippen molar-refractivity contribution in [2.75, 3.05) is 0 Å². The highest BCUT2D eigenvalue weighted by molar-refractivity contribution is 5.91. The lowest BCUT2D eigenvalue weighted by atomic mass is 10.1. The number of nitrogens with two attached hydrogens (primary N) is 1. The number of ether oxygens (including phenoxy) is 1. The lowest BCUT2D eigenvalue weighted by Crippen LogP contribution is -2.30. The Morgan fingerprint density at radius 2 is 2.18 bits per heavy atom. The molecule has 1 amide bonds. The fourth-order valence-corrected chi connectivity index (χ4v) is 1.98. The number of rotatable bonds is 2. The normalized spacial score (nSPS) is 32.9. The number of hydrogen-bond acceptors (Lipinski definition) is 5. The molecule has 0 spiro atoms. The summed E-state index contributed by atoms with van der Waals surface area (Å²) < 4.78 is 6.91. The van der Waals surface area contributed by atoms with Crippen molar-refractivity contribution in [2.45, 2.75) is 38.4 Å². The molecule has 0 radical (unpaired) electrons. The van der Waals surface area contributed by atoms with Crippen molar-refractivity contribution in [2.24, 2.45) is 5.73 Å². The van der Waals surface area contributed by atoms with Crippen LogP contribution in [0.25, 0.3) is 0 Å². The Bertz CT molecular complexity index is 445. The summed E-state index contributed by atoms with van der Waals surface area (Å²) in [4.78, 5) is 14.9. The second-order valence-corrected chi connectivity index (χ2v) is 4.16. The fourth-order valence-electron chi connectivity index (χ4n) is 1.98. The van der Waals surface area contributed by atoms with Gasteiger partial charge in [-0.2, -0.15) is 0 Å². The Hall–Kier alpha value is -1.44. The third-order valence-corrected chi connectivity index (χ3v) is 3.03. The van der Waals surface area contributed by atoms with Crippen molar-refractivity contribution in [3.63, 3.8) is 0 Å². The molecule has 4 N–H and O–H groups in total. The minimum Gasteiger partial charge on any atom is -0.388 e. The van der Waals surface area contributed by atoms with Crippen molar-refractivity contribution in [3.05, 3.63) is 17.7 Å². The van der Waals surface area contributed by atoms with E-state index in [0.29, 0.717) is 5.69 Å². The van der Waals surface area contributed by atoms with Gasteiger partial charge in [0, 0.05) is 5.69 Å². The molecular weight excluding hydrogens is 226 g/mol. The maximum atomic E-state index is 11.1. The highest BCUT2D eigenvalue weighted by Gasteiger charge is 2.42. The Balaban J connectivity index is 2.33. The molecule has 4 atom stereocenters. The fraction of sp³-hybridized carbons (Fsp3) is 0.600. The van der Waals surface area contributed by atoms with E-state index in [-0.39, 0.29) is 5.69 Å². The molecule has 2 heterocycles. The first kappa shape index (κ1) is 12.0. The average Bonchev–Trinajstić information content (AvgIpc) is 2.75. The number of aromatic nitrogens is 2. The van der Waals surface area contributed by atoms with E-state index < -0.39 is 30.4 Å². The number of primary amides is 1. The van der Waals surface area contributed by atoms with Crippen LogP contribution in [0.1, 0.15) is 29.3 Å². The summed E-state index contributed by atoms with van der Waals surface area (Å²) in [5, 5.41) is 19.4. The first-order valence-electron chi connectivity index (χ1n) is 5.28. The Morgan fingerprint density at radius 1 is 1.53 bits per heavy atom. The number of amides is 1. The number of carbonyl (C=O) groups is 1.